The number of rotatable bonds is 11. The lowest BCUT2D eigenvalue weighted by molar-refractivity contribution is -0.0498. The second kappa shape index (κ2) is 12.1. The summed E-state index contributed by atoms with van der Waals surface area (Å²) in [5.41, 5.74) is 2.26. The monoisotopic (exact) mass is 514 g/mol. The Morgan fingerprint density at radius 3 is 2.05 bits per heavy atom. The molecule has 0 spiro atoms. The average molecular weight is 515 g/mol. The molecule has 7 heteroatoms. The minimum Gasteiger partial charge on any atom is -0.493 e. The first-order valence-corrected chi connectivity index (χ1v) is 12.2. The minimum absolute atomic E-state index is 0.000671. The van der Waals surface area contributed by atoms with Gasteiger partial charge >= 0.3 is 6.61 Å². The first-order valence-electron chi connectivity index (χ1n) is 12.2. The quantitative estimate of drug-likeness (QED) is 0.188. The van der Waals surface area contributed by atoms with E-state index in [2.05, 4.69) is 4.74 Å². The molecule has 0 bridgehead atoms. The molecule has 4 aromatic rings. The van der Waals surface area contributed by atoms with E-state index >= 15 is 4.39 Å². The lowest BCUT2D eigenvalue weighted by Crippen LogP contribution is -2.02. The number of hydrogen-bond donors (Lipinski definition) is 0. The number of fused-ring (bicyclic) bond motifs is 1. The maximum atomic E-state index is 15.2. The molecule has 0 aliphatic rings. The van der Waals surface area contributed by atoms with Gasteiger partial charge in [0.05, 0.1) is 6.61 Å². The number of ether oxygens (including phenoxy) is 2. The average Bonchev–Trinajstić information content (AvgIpc) is 2.87. The molecule has 0 aromatic heterocycles. The molecule has 4 rings (SSSR count). The maximum Gasteiger partial charge on any atom is 0.387 e. The molecule has 0 unspecified atom stereocenters. The van der Waals surface area contributed by atoms with Gasteiger partial charge in [-0.1, -0.05) is 49.4 Å². The fourth-order valence-electron chi connectivity index (χ4n) is 4.24. The number of alkyl halides is 2. The van der Waals surface area contributed by atoms with Gasteiger partial charge in [0, 0.05) is 23.1 Å². The van der Waals surface area contributed by atoms with Crippen molar-refractivity contribution in [3.05, 3.63) is 106 Å². The molecule has 0 saturated carbocycles. The summed E-state index contributed by atoms with van der Waals surface area (Å²) in [5.74, 6) is -1.34. The van der Waals surface area contributed by atoms with Crippen LogP contribution in [-0.2, 0) is 25.7 Å². The summed E-state index contributed by atoms with van der Waals surface area (Å²) in [4.78, 5) is 0. The molecule has 0 atom stereocenters. The highest BCUT2D eigenvalue weighted by molar-refractivity contribution is 5.84. The van der Waals surface area contributed by atoms with Crippen molar-refractivity contribution >= 4 is 10.8 Å². The van der Waals surface area contributed by atoms with Crippen molar-refractivity contribution in [2.24, 2.45) is 0 Å². The molecule has 0 radical (unpaired) electrons. The van der Waals surface area contributed by atoms with Crippen molar-refractivity contribution < 1.29 is 31.4 Å². The van der Waals surface area contributed by atoms with Crippen LogP contribution in [0.2, 0.25) is 0 Å². The Kier molecular flexibility index (Phi) is 8.64. The van der Waals surface area contributed by atoms with Gasteiger partial charge < -0.3 is 9.47 Å². The third kappa shape index (κ3) is 6.79. The molecule has 2 nitrogen and oxygen atoms in total. The van der Waals surface area contributed by atoms with Gasteiger partial charge in [-0.25, -0.2) is 13.2 Å². The predicted octanol–water partition coefficient (Wildman–Crippen LogP) is 8.22. The lowest BCUT2D eigenvalue weighted by atomic mass is 9.97. The summed E-state index contributed by atoms with van der Waals surface area (Å²) in [5, 5.41) is 1.17. The minimum atomic E-state index is -2.88. The van der Waals surface area contributed by atoms with Gasteiger partial charge in [-0.05, 0) is 66.3 Å². The van der Waals surface area contributed by atoms with Crippen molar-refractivity contribution in [3.8, 4) is 11.5 Å². The zero-order chi connectivity index (χ0) is 26.4. The molecule has 0 aliphatic carbocycles. The van der Waals surface area contributed by atoms with E-state index in [1.54, 1.807) is 30.3 Å². The number of hydrogen-bond acceptors (Lipinski definition) is 2. The van der Waals surface area contributed by atoms with Crippen LogP contribution in [0.5, 0.6) is 11.5 Å². The van der Waals surface area contributed by atoms with Gasteiger partial charge in [0.1, 0.15) is 29.0 Å². The first kappa shape index (κ1) is 26.5. The summed E-state index contributed by atoms with van der Waals surface area (Å²) < 4.78 is 78.3. The fourth-order valence-corrected chi connectivity index (χ4v) is 4.24. The molecule has 0 aliphatic heterocycles. The van der Waals surface area contributed by atoms with Gasteiger partial charge in [-0.3, -0.25) is 0 Å². The van der Waals surface area contributed by atoms with Crippen LogP contribution in [0.25, 0.3) is 10.8 Å². The SMILES string of the molecule is CCCOc1cc(F)c(CCc2ccc3c(F)c(CCc4ccc(OC(F)F)cc4)ccc3c2)c(F)c1. The van der Waals surface area contributed by atoms with Crippen LogP contribution in [-0.4, -0.2) is 13.2 Å². The van der Waals surface area contributed by atoms with Crippen molar-refractivity contribution in [2.75, 3.05) is 6.61 Å². The van der Waals surface area contributed by atoms with E-state index in [0.717, 1.165) is 17.5 Å². The van der Waals surface area contributed by atoms with Crippen molar-refractivity contribution in [1.29, 1.82) is 0 Å². The standard InChI is InChI=1S/C30H27F5O2/c1-2-15-36-24-17-27(31)26(28(32)18-24)14-7-20-6-13-25-22(16-20)10-9-21(29(25)33)8-3-19-4-11-23(12-5-19)37-30(34)35/h4-6,9-13,16-18,30H,2-3,7-8,14-15H2,1H3. The molecule has 37 heavy (non-hydrogen) atoms. The highest BCUT2D eigenvalue weighted by Crippen LogP contribution is 2.26. The number of halogens is 5. The molecule has 0 N–H and O–H groups in total. The Balaban J connectivity index is 1.41. The lowest BCUT2D eigenvalue weighted by Gasteiger charge is -2.11. The van der Waals surface area contributed by atoms with Crippen LogP contribution in [0.1, 0.15) is 35.6 Å². The van der Waals surface area contributed by atoms with Crippen molar-refractivity contribution in [3.63, 3.8) is 0 Å². The van der Waals surface area contributed by atoms with Crippen molar-refractivity contribution in [2.45, 2.75) is 45.6 Å². The fraction of sp³-hybridized carbons (Fsp3) is 0.267. The van der Waals surface area contributed by atoms with Gasteiger partial charge in [0.15, 0.2) is 0 Å². The zero-order valence-electron chi connectivity index (χ0n) is 20.4. The van der Waals surface area contributed by atoms with Crippen LogP contribution in [0.15, 0.2) is 66.7 Å². The topological polar surface area (TPSA) is 18.5 Å². The van der Waals surface area contributed by atoms with E-state index in [1.807, 2.05) is 19.1 Å². The van der Waals surface area contributed by atoms with Gasteiger partial charge in [-0.15, -0.1) is 0 Å². The van der Waals surface area contributed by atoms with Gasteiger partial charge in [0.25, 0.3) is 0 Å². The van der Waals surface area contributed by atoms with E-state index in [-0.39, 0.29) is 29.3 Å². The molecule has 0 saturated heterocycles. The van der Waals surface area contributed by atoms with E-state index in [4.69, 9.17) is 4.74 Å². The number of aryl methyl sites for hydroxylation is 3. The van der Waals surface area contributed by atoms with Gasteiger partial charge in [-0.2, -0.15) is 8.78 Å². The van der Waals surface area contributed by atoms with Crippen LogP contribution in [0, 0.1) is 17.5 Å². The second-order valence-corrected chi connectivity index (χ2v) is 8.83. The highest BCUT2D eigenvalue weighted by atomic mass is 19.3. The van der Waals surface area contributed by atoms with Gasteiger partial charge in [0.2, 0.25) is 0 Å². The van der Waals surface area contributed by atoms with E-state index < -0.39 is 18.2 Å². The Morgan fingerprint density at radius 2 is 1.38 bits per heavy atom. The molecule has 0 heterocycles. The Hall–Kier alpha value is -3.61. The third-order valence-electron chi connectivity index (χ3n) is 6.18. The molecular weight excluding hydrogens is 487 g/mol. The summed E-state index contributed by atoms with van der Waals surface area (Å²) in [6.07, 6.45) is 2.28. The number of benzene rings is 4. The maximum absolute atomic E-state index is 15.2. The summed E-state index contributed by atoms with van der Waals surface area (Å²) in [6, 6.07) is 17.5. The van der Waals surface area contributed by atoms with Crippen LogP contribution < -0.4 is 9.47 Å². The van der Waals surface area contributed by atoms with E-state index in [9.17, 15) is 17.6 Å². The normalized spacial score (nSPS) is 11.3. The Labute approximate surface area is 212 Å². The van der Waals surface area contributed by atoms with Crippen molar-refractivity contribution in [1.82, 2.24) is 0 Å². The third-order valence-corrected chi connectivity index (χ3v) is 6.18. The smallest absolute Gasteiger partial charge is 0.387 e. The molecule has 4 aromatic carbocycles. The van der Waals surface area contributed by atoms with Crippen LogP contribution in [0.3, 0.4) is 0 Å². The summed E-state index contributed by atoms with van der Waals surface area (Å²) >= 11 is 0. The largest absolute Gasteiger partial charge is 0.493 e. The molecule has 0 amide bonds. The first-order chi connectivity index (χ1) is 17.8. The predicted molar refractivity (Wildman–Crippen MR) is 134 cm³/mol. The van der Waals surface area contributed by atoms with Crippen LogP contribution in [0.4, 0.5) is 22.0 Å². The van der Waals surface area contributed by atoms with Crippen LogP contribution >= 0.6 is 0 Å². The van der Waals surface area contributed by atoms with E-state index in [1.165, 1.54) is 24.3 Å². The second-order valence-electron chi connectivity index (χ2n) is 8.83. The Bertz CT molecular complexity index is 1330. The molecule has 194 valence electrons. The van der Waals surface area contributed by atoms with E-state index in [0.29, 0.717) is 42.2 Å². The highest BCUT2D eigenvalue weighted by Gasteiger charge is 2.14. The molecular formula is C30H27F5O2. The summed E-state index contributed by atoms with van der Waals surface area (Å²) in [7, 11) is 0. The Morgan fingerprint density at radius 1 is 0.703 bits per heavy atom. The summed E-state index contributed by atoms with van der Waals surface area (Å²) in [6.45, 7) is -0.576. The zero-order valence-corrected chi connectivity index (χ0v) is 20.4. The molecule has 0 fully saturated rings.